The number of hydrogen-bond donors (Lipinski definition) is 0. The molecule has 0 saturated heterocycles. The van der Waals surface area contributed by atoms with E-state index in [-0.39, 0.29) is 5.92 Å². The van der Waals surface area contributed by atoms with Gasteiger partial charge in [-0.2, -0.15) is 0 Å². The van der Waals surface area contributed by atoms with E-state index in [0.29, 0.717) is 11.7 Å². The van der Waals surface area contributed by atoms with Gasteiger partial charge in [0.15, 0.2) is 0 Å². The molecule has 0 N–H and O–H groups in total. The Kier molecular flexibility index (Phi) is 5.79. The van der Waals surface area contributed by atoms with Crippen molar-refractivity contribution >= 4 is 17.1 Å². The highest BCUT2D eigenvalue weighted by atomic mass is 32.1. The van der Waals surface area contributed by atoms with E-state index in [4.69, 9.17) is 0 Å². The third-order valence-electron chi connectivity index (χ3n) is 4.60. The number of thiophene rings is 1. The fraction of sp³-hybridized carbons (Fsp3) is 0.706. The number of nitrogens with zero attached hydrogens (tertiary/aromatic N) is 1. The van der Waals surface area contributed by atoms with Gasteiger partial charge < -0.3 is 4.90 Å². The van der Waals surface area contributed by atoms with Crippen LogP contribution in [0.25, 0.3) is 0 Å². The lowest BCUT2D eigenvalue weighted by Gasteiger charge is -2.32. The summed E-state index contributed by atoms with van der Waals surface area (Å²) in [4.78, 5) is 15.9. The molecule has 2 nitrogen and oxygen atoms in total. The molecule has 0 aliphatic heterocycles. The summed E-state index contributed by atoms with van der Waals surface area (Å²) in [6.07, 6.45) is 4.10. The van der Waals surface area contributed by atoms with Crippen molar-refractivity contribution in [3.63, 3.8) is 0 Å². The summed E-state index contributed by atoms with van der Waals surface area (Å²) in [7, 11) is 2.15. The second kappa shape index (κ2) is 7.37. The van der Waals surface area contributed by atoms with Crippen LogP contribution in [0.5, 0.6) is 0 Å². The van der Waals surface area contributed by atoms with E-state index < -0.39 is 0 Å². The molecular weight excluding hydrogens is 266 g/mol. The van der Waals surface area contributed by atoms with Crippen LogP contribution in [0.1, 0.15) is 38.0 Å². The molecule has 20 heavy (non-hydrogen) atoms. The summed E-state index contributed by atoms with van der Waals surface area (Å²) < 4.78 is 0. The first-order valence-electron chi connectivity index (χ1n) is 7.80. The van der Waals surface area contributed by atoms with Crippen molar-refractivity contribution in [3.05, 3.63) is 22.4 Å². The lowest BCUT2D eigenvalue weighted by atomic mass is 9.75. The zero-order valence-electron chi connectivity index (χ0n) is 13.0. The van der Waals surface area contributed by atoms with Gasteiger partial charge in [0.25, 0.3) is 0 Å². The van der Waals surface area contributed by atoms with Crippen molar-refractivity contribution in [2.45, 2.75) is 39.5 Å². The SMILES string of the molecule is CC(C)C1CCC(=O)C(CN(C)CCc2cccs2)C1. The van der Waals surface area contributed by atoms with Crippen molar-refractivity contribution in [3.8, 4) is 0 Å². The maximum absolute atomic E-state index is 12.1. The summed E-state index contributed by atoms with van der Waals surface area (Å²) in [5.74, 6) is 2.21. The summed E-state index contributed by atoms with van der Waals surface area (Å²) in [5, 5.41) is 2.13. The topological polar surface area (TPSA) is 20.3 Å². The standard InChI is InChI=1S/C17H27NOS/c1-13(2)14-6-7-17(19)15(11-14)12-18(3)9-8-16-5-4-10-20-16/h4-5,10,13-15H,6-9,11-12H2,1-3H3. The van der Waals surface area contributed by atoms with Crippen LogP contribution in [-0.2, 0) is 11.2 Å². The van der Waals surface area contributed by atoms with Gasteiger partial charge in [0.2, 0.25) is 0 Å². The van der Waals surface area contributed by atoms with E-state index >= 15 is 0 Å². The summed E-state index contributed by atoms with van der Waals surface area (Å²) in [5.41, 5.74) is 0. The fourth-order valence-corrected chi connectivity index (χ4v) is 3.85. The molecule has 0 bridgehead atoms. The predicted octanol–water partition coefficient (Wildman–Crippen LogP) is 3.86. The van der Waals surface area contributed by atoms with Crippen LogP contribution in [0, 0.1) is 17.8 Å². The minimum Gasteiger partial charge on any atom is -0.305 e. The number of hydrogen-bond acceptors (Lipinski definition) is 3. The molecule has 1 aliphatic rings. The first-order valence-corrected chi connectivity index (χ1v) is 8.68. The van der Waals surface area contributed by atoms with Crippen LogP contribution < -0.4 is 0 Å². The summed E-state index contributed by atoms with van der Waals surface area (Å²) in [6.45, 7) is 6.57. The molecule has 3 heteroatoms. The molecule has 0 radical (unpaired) electrons. The van der Waals surface area contributed by atoms with Crippen LogP contribution in [-0.4, -0.2) is 30.8 Å². The van der Waals surface area contributed by atoms with E-state index in [2.05, 4.69) is 43.3 Å². The predicted molar refractivity (Wildman–Crippen MR) is 86.2 cm³/mol. The maximum Gasteiger partial charge on any atom is 0.137 e. The third kappa shape index (κ3) is 4.42. The monoisotopic (exact) mass is 293 g/mol. The van der Waals surface area contributed by atoms with Gasteiger partial charge in [-0.15, -0.1) is 11.3 Å². The molecule has 1 heterocycles. The zero-order chi connectivity index (χ0) is 14.5. The Hall–Kier alpha value is -0.670. The lowest BCUT2D eigenvalue weighted by Crippen LogP contribution is -2.36. The minimum absolute atomic E-state index is 0.268. The van der Waals surface area contributed by atoms with Gasteiger partial charge in [-0.1, -0.05) is 19.9 Å². The van der Waals surface area contributed by atoms with Gasteiger partial charge in [-0.3, -0.25) is 4.79 Å². The molecule has 2 unspecified atom stereocenters. The smallest absolute Gasteiger partial charge is 0.137 e. The van der Waals surface area contributed by atoms with Crippen molar-refractivity contribution < 1.29 is 4.79 Å². The normalized spacial score (nSPS) is 23.8. The Balaban J connectivity index is 1.79. The van der Waals surface area contributed by atoms with Crippen molar-refractivity contribution in [1.82, 2.24) is 4.90 Å². The quantitative estimate of drug-likeness (QED) is 0.793. The van der Waals surface area contributed by atoms with E-state index in [1.54, 1.807) is 0 Å². The van der Waals surface area contributed by atoms with Crippen molar-refractivity contribution in [2.75, 3.05) is 20.1 Å². The van der Waals surface area contributed by atoms with Gasteiger partial charge in [0.05, 0.1) is 0 Å². The second-order valence-corrected chi connectivity index (χ2v) is 7.57. The van der Waals surface area contributed by atoms with E-state index in [1.165, 1.54) is 4.88 Å². The molecule has 0 aromatic carbocycles. The Morgan fingerprint density at radius 1 is 1.45 bits per heavy atom. The maximum atomic E-state index is 12.1. The van der Waals surface area contributed by atoms with E-state index in [9.17, 15) is 4.79 Å². The van der Waals surface area contributed by atoms with Crippen LogP contribution >= 0.6 is 11.3 Å². The highest BCUT2D eigenvalue weighted by Gasteiger charge is 2.30. The Morgan fingerprint density at radius 3 is 2.90 bits per heavy atom. The van der Waals surface area contributed by atoms with Crippen molar-refractivity contribution in [2.24, 2.45) is 17.8 Å². The molecule has 1 aliphatic carbocycles. The summed E-state index contributed by atoms with van der Waals surface area (Å²) in [6, 6.07) is 4.30. The van der Waals surface area contributed by atoms with Gasteiger partial charge >= 0.3 is 0 Å². The van der Waals surface area contributed by atoms with Gasteiger partial charge in [-0.25, -0.2) is 0 Å². The first-order chi connectivity index (χ1) is 9.56. The summed E-state index contributed by atoms with van der Waals surface area (Å²) >= 11 is 1.82. The average molecular weight is 293 g/mol. The molecule has 1 aromatic heterocycles. The third-order valence-corrected chi connectivity index (χ3v) is 5.54. The van der Waals surface area contributed by atoms with Gasteiger partial charge in [0, 0.05) is 30.3 Å². The first kappa shape index (κ1) is 15.7. The Morgan fingerprint density at radius 2 is 2.25 bits per heavy atom. The molecule has 2 rings (SSSR count). The molecule has 0 spiro atoms. The molecule has 0 amide bonds. The van der Waals surface area contributed by atoms with Gasteiger partial charge in [0.1, 0.15) is 5.78 Å². The largest absolute Gasteiger partial charge is 0.305 e. The molecule has 1 fully saturated rings. The Bertz CT molecular complexity index is 413. The highest BCUT2D eigenvalue weighted by Crippen LogP contribution is 2.32. The number of Topliss-reactive ketones (excluding diaryl/α,β-unsaturated/α-hetero) is 1. The fourth-order valence-electron chi connectivity index (χ4n) is 3.15. The lowest BCUT2D eigenvalue weighted by molar-refractivity contribution is -0.126. The van der Waals surface area contributed by atoms with Crippen LogP contribution in [0.2, 0.25) is 0 Å². The van der Waals surface area contributed by atoms with E-state index in [0.717, 1.165) is 44.7 Å². The van der Waals surface area contributed by atoms with Crippen LogP contribution in [0.4, 0.5) is 0 Å². The average Bonchev–Trinajstić information content (AvgIpc) is 2.92. The van der Waals surface area contributed by atoms with E-state index in [1.807, 2.05) is 11.3 Å². The molecule has 112 valence electrons. The van der Waals surface area contributed by atoms with Crippen molar-refractivity contribution in [1.29, 1.82) is 0 Å². The number of carbonyl (C=O) groups is 1. The number of likely N-dealkylation sites (N-methyl/N-ethyl adjacent to an activating group) is 1. The van der Waals surface area contributed by atoms with Gasteiger partial charge in [-0.05, 0) is 49.6 Å². The Labute approximate surface area is 127 Å². The molecule has 1 saturated carbocycles. The molecule has 2 atom stereocenters. The number of rotatable bonds is 6. The zero-order valence-corrected chi connectivity index (χ0v) is 13.8. The molecular formula is C17H27NOS. The number of ketones is 1. The van der Waals surface area contributed by atoms with Crippen LogP contribution in [0.3, 0.4) is 0 Å². The minimum atomic E-state index is 0.268. The van der Waals surface area contributed by atoms with Crippen LogP contribution in [0.15, 0.2) is 17.5 Å². The number of carbonyl (C=O) groups excluding carboxylic acids is 1. The molecule has 1 aromatic rings. The second-order valence-electron chi connectivity index (χ2n) is 6.53. The highest BCUT2D eigenvalue weighted by molar-refractivity contribution is 7.09.